The molecule has 0 aliphatic carbocycles. The number of nitrogens with zero attached hydrogens (tertiary/aromatic N) is 2. The summed E-state index contributed by atoms with van der Waals surface area (Å²) in [5.41, 5.74) is 2.85. The molecule has 3 rings (SSSR count). The SMILES string of the molecule is O=S(Cc1ccccc1)n1cnc2ccccc21. The van der Waals surface area contributed by atoms with Crippen molar-refractivity contribution in [1.29, 1.82) is 0 Å². The van der Waals surface area contributed by atoms with Crippen LogP contribution in [0.15, 0.2) is 60.9 Å². The maximum Gasteiger partial charge on any atom is 0.129 e. The molecular weight excluding hydrogens is 244 g/mol. The van der Waals surface area contributed by atoms with E-state index in [4.69, 9.17) is 0 Å². The highest BCUT2D eigenvalue weighted by Gasteiger charge is 2.08. The summed E-state index contributed by atoms with van der Waals surface area (Å²) < 4.78 is 14.0. The minimum atomic E-state index is -1.12. The molecule has 2 aromatic carbocycles. The summed E-state index contributed by atoms with van der Waals surface area (Å²) in [7, 11) is -1.12. The van der Waals surface area contributed by atoms with Crippen molar-refractivity contribution in [3.63, 3.8) is 0 Å². The van der Waals surface area contributed by atoms with E-state index in [0.717, 1.165) is 16.6 Å². The lowest BCUT2D eigenvalue weighted by Gasteiger charge is -2.04. The highest BCUT2D eigenvalue weighted by atomic mass is 32.2. The van der Waals surface area contributed by atoms with Crippen LogP contribution in [0.3, 0.4) is 0 Å². The highest BCUT2D eigenvalue weighted by Crippen LogP contribution is 2.14. The minimum Gasteiger partial charge on any atom is -0.247 e. The van der Waals surface area contributed by atoms with Crippen LogP contribution in [-0.4, -0.2) is 13.2 Å². The maximum atomic E-state index is 12.3. The summed E-state index contributed by atoms with van der Waals surface area (Å²) in [6.45, 7) is 0. The molecule has 0 saturated carbocycles. The predicted octanol–water partition coefficient (Wildman–Crippen LogP) is 2.75. The number of imidazole rings is 1. The van der Waals surface area contributed by atoms with Gasteiger partial charge in [-0.25, -0.2) is 13.2 Å². The average Bonchev–Trinajstić information content (AvgIpc) is 2.84. The van der Waals surface area contributed by atoms with Crippen molar-refractivity contribution in [1.82, 2.24) is 8.96 Å². The molecule has 1 atom stereocenters. The first kappa shape index (κ1) is 11.2. The summed E-state index contributed by atoms with van der Waals surface area (Å²) in [6.07, 6.45) is 1.64. The number of rotatable bonds is 3. The molecule has 0 N–H and O–H groups in total. The topological polar surface area (TPSA) is 34.9 Å². The molecule has 3 nitrogen and oxygen atoms in total. The molecule has 4 heteroatoms. The Balaban J connectivity index is 1.93. The fraction of sp³-hybridized carbons (Fsp3) is 0.0714. The van der Waals surface area contributed by atoms with Gasteiger partial charge in [-0.05, 0) is 17.7 Å². The Bertz CT molecular complexity index is 691. The Labute approximate surface area is 108 Å². The van der Waals surface area contributed by atoms with Crippen LogP contribution >= 0.6 is 0 Å². The van der Waals surface area contributed by atoms with Gasteiger partial charge in [0.25, 0.3) is 0 Å². The molecule has 1 unspecified atom stereocenters. The quantitative estimate of drug-likeness (QED) is 0.722. The van der Waals surface area contributed by atoms with Gasteiger partial charge in [-0.3, -0.25) is 0 Å². The maximum absolute atomic E-state index is 12.3. The molecule has 1 heterocycles. The molecule has 0 amide bonds. The van der Waals surface area contributed by atoms with Crippen molar-refractivity contribution >= 4 is 22.0 Å². The number of hydrogen-bond acceptors (Lipinski definition) is 2. The van der Waals surface area contributed by atoms with Gasteiger partial charge in [0, 0.05) is 0 Å². The largest absolute Gasteiger partial charge is 0.247 e. The lowest BCUT2D eigenvalue weighted by molar-refractivity contribution is 0.677. The van der Waals surface area contributed by atoms with Crippen LogP contribution in [0, 0.1) is 0 Å². The van der Waals surface area contributed by atoms with Crippen LogP contribution in [0.2, 0.25) is 0 Å². The second kappa shape index (κ2) is 4.74. The smallest absolute Gasteiger partial charge is 0.129 e. The van der Waals surface area contributed by atoms with E-state index >= 15 is 0 Å². The van der Waals surface area contributed by atoms with E-state index in [1.54, 1.807) is 10.3 Å². The van der Waals surface area contributed by atoms with Crippen molar-refractivity contribution in [2.45, 2.75) is 5.75 Å². The van der Waals surface area contributed by atoms with Crippen molar-refractivity contribution in [2.75, 3.05) is 0 Å². The summed E-state index contributed by atoms with van der Waals surface area (Å²) >= 11 is 0. The second-order valence-corrected chi connectivity index (χ2v) is 5.34. The van der Waals surface area contributed by atoms with Crippen molar-refractivity contribution in [3.8, 4) is 0 Å². The first-order chi connectivity index (χ1) is 8.84. The first-order valence-electron chi connectivity index (χ1n) is 5.69. The number of para-hydroxylation sites is 2. The predicted molar refractivity (Wildman–Crippen MR) is 73.4 cm³/mol. The van der Waals surface area contributed by atoms with Crippen LogP contribution in [0.1, 0.15) is 5.56 Å². The summed E-state index contributed by atoms with van der Waals surface area (Å²) in [4.78, 5) is 4.25. The van der Waals surface area contributed by atoms with E-state index in [2.05, 4.69) is 4.98 Å². The molecule has 1 aromatic heterocycles. The Morgan fingerprint density at radius 2 is 1.72 bits per heavy atom. The van der Waals surface area contributed by atoms with E-state index in [-0.39, 0.29) is 0 Å². The molecular formula is C14H12N2OS. The van der Waals surface area contributed by atoms with Crippen molar-refractivity contribution < 1.29 is 4.21 Å². The molecule has 90 valence electrons. The van der Waals surface area contributed by atoms with Crippen LogP contribution in [0.5, 0.6) is 0 Å². The fourth-order valence-corrected chi connectivity index (χ4v) is 3.03. The fourth-order valence-electron chi connectivity index (χ4n) is 1.89. The first-order valence-corrected chi connectivity index (χ1v) is 6.97. The summed E-state index contributed by atoms with van der Waals surface area (Å²) in [5.74, 6) is 0.501. The number of benzene rings is 2. The van der Waals surface area contributed by atoms with Gasteiger partial charge in [-0.2, -0.15) is 0 Å². The molecule has 0 aliphatic rings. The van der Waals surface area contributed by atoms with Gasteiger partial charge in [-0.15, -0.1) is 0 Å². The molecule has 0 aliphatic heterocycles. The lowest BCUT2D eigenvalue weighted by Crippen LogP contribution is -2.05. The third kappa shape index (κ3) is 2.07. The van der Waals surface area contributed by atoms with Crippen molar-refractivity contribution in [3.05, 3.63) is 66.5 Å². The lowest BCUT2D eigenvalue weighted by atomic mass is 10.2. The molecule has 0 saturated heterocycles. The van der Waals surface area contributed by atoms with Gasteiger partial charge in [0.05, 0.1) is 16.8 Å². The van der Waals surface area contributed by atoms with Gasteiger partial charge >= 0.3 is 0 Å². The van der Waals surface area contributed by atoms with Crippen LogP contribution in [0.25, 0.3) is 11.0 Å². The van der Waals surface area contributed by atoms with Crippen LogP contribution < -0.4 is 0 Å². The van der Waals surface area contributed by atoms with E-state index in [0.29, 0.717) is 5.75 Å². The zero-order valence-electron chi connectivity index (χ0n) is 9.69. The Morgan fingerprint density at radius 1 is 1.00 bits per heavy atom. The van der Waals surface area contributed by atoms with E-state index in [9.17, 15) is 4.21 Å². The molecule has 3 aromatic rings. The molecule has 0 spiro atoms. The van der Waals surface area contributed by atoms with Crippen LogP contribution in [-0.2, 0) is 16.7 Å². The number of hydrogen-bond donors (Lipinski definition) is 0. The van der Waals surface area contributed by atoms with Crippen molar-refractivity contribution in [2.24, 2.45) is 0 Å². The summed E-state index contributed by atoms with van der Waals surface area (Å²) in [6, 6.07) is 17.6. The van der Waals surface area contributed by atoms with E-state index in [1.807, 2.05) is 54.6 Å². The molecule has 18 heavy (non-hydrogen) atoms. The zero-order valence-corrected chi connectivity index (χ0v) is 10.5. The third-order valence-electron chi connectivity index (χ3n) is 2.77. The van der Waals surface area contributed by atoms with E-state index in [1.165, 1.54) is 0 Å². The van der Waals surface area contributed by atoms with Crippen LogP contribution in [0.4, 0.5) is 0 Å². The highest BCUT2D eigenvalue weighted by molar-refractivity contribution is 7.82. The van der Waals surface area contributed by atoms with Gasteiger partial charge in [0.15, 0.2) is 0 Å². The van der Waals surface area contributed by atoms with E-state index < -0.39 is 11.0 Å². The second-order valence-electron chi connectivity index (χ2n) is 4.01. The molecule has 0 bridgehead atoms. The summed E-state index contributed by atoms with van der Waals surface area (Å²) in [5, 5.41) is 0. The molecule has 0 fully saturated rings. The Morgan fingerprint density at radius 3 is 2.56 bits per heavy atom. The zero-order chi connectivity index (χ0) is 12.4. The minimum absolute atomic E-state index is 0.501. The third-order valence-corrected chi connectivity index (χ3v) is 4.08. The van der Waals surface area contributed by atoms with Gasteiger partial charge in [0.2, 0.25) is 0 Å². The monoisotopic (exact) mass is 256 g/mol. The normalized spacial score (nSPS) is 12.7. The van der Waals surface area contributed by atoms with Gasteiger partial charge in [-0.1, -0.05) is 42.5 Å². The number of aromatic nitrogens is 2. The average molecular weight is 256 g/mol. The number of fused-ring (bicyclic) bond motifs is 1. The Hall–Kier alpha value is -1.94. The van der Waals surface area contributed by atoms with Gasteiger partial charge < -0.3 is 0 Å². The molecule has 0 radical (unpaired) electrons. The Kier molecular flexibility index (Phi) is 2.94. The van der Waals surface area contributed by atoms with Gasteiger partial charge in [0.1, 0.15) is 17.3 Å². The standard InChI is InChI=1S/C14H12N2OS/c17-18(10-12-6-2-1-3-7-12)16-11-15-13-8-4-5-9-14(13)16/h1-9,11H,10H2.